The minimum Gasteiger partial charge on any atom is -0.496 e. The Balaban J connectivity index is 2.37. The molecule has 156 valence electrons. The largest absolute Gasteiger partial charge is 0.496 e. The molecule has 0 saturated heterocycles. The van der Waals surface area contributed by atoms with Gasteiger partial charge in [-0.25, -0.2) is 0 Å². The molecule has 0 saturated carbocycles. The third-order valence-electron chi connectivity index (χ3n) is 4.31. The predicted molar refractivity (Wildman–Crippen MR) is 105 cm³/mol. The molecule has 0 heterocycles. The summed E-state index contributed by atoms with van der Waals surface area (Å²) in [4.78, 5) is 25.6. The van der Waals surface area contributed by atoms with Crippen LogP contribution in [0.2, 0.25) is 0 Å². The first-order chi connectivity index (χ1) is 13.9. The summed E-state index contributed by atoms with van der Waals surface area (Å²) < 4.78 is 31.5. The maximum atomic E-state index is 12.8. The van der Waals surface area contributed by atoms with Gasteiger partial charge >= 0.3 is 0 Å². The van der Waals surface area contributed by atoms with Crippen LogP contribution >= 0.6 is 0 Å². The van der Waals surface area contributed by atoms with Gasteiger partial charge in [-0.15, -0.1) is 0 Å². The van der Waals surface area contributed by atoms with E-state index < -0.39 is 11.6 Å². The van der Waals surface area contributed by atoms with Crippen LogP contribution in [0.5, 0.6) is 34.5 Å². The number of hydrogen-bond donors (Lipinski definition) is 0. The lowest BCUT2D eigenvalue weighted by atomic mass is 9.99. The van der Waals surface area contributed by atoms with E-state index in [0.29, 0.717) is 28.7 Å². The topological polar surface area (TPSA) is 89.5 Å². The highest BCUT2D eigenvalue weighted by molar-refractivity contribution is 6.15. The molecular weight excluding hydrogens is 380 g/mol. The first-order valence-electron chi connectivity index (χ1n) is 8.60. The van der Waals surface area contributed by atoms with Crippen LogP contribution in [-0.2, 0) is 0 Å². The Labute approximate surface area is 169 Å². The summed E-state index contributed by atoms with van der Waals surface area (Å²) in [5.41, 5.74) is 0.471. The van der Waals surface area contributed by atoms with E-state index in [9.17, 15) is 9.59 Å². The van der Waals surface area contributed by atoms with Gasteiger partial charge < -0.3 is 28.4 Å². The van der Waals surface area contributed by atoms with Crippen LogP contribution in [0.1, 0.15) is 27.1 Å². The molecule has 0 radical (unpaired) electrons. The van der Waals surface area contributed by atoms with Gasteiger partial charge in [0.05, 0.1) is 54.6 Å². The maximum Gasteiger partial charge on any atom is 0.203 e. The zero-order valence-corrected chi connectivity index (χ0v) is 17.3. The van der Waals surface area contributed by atoms with Crippen LogP contribution in [0.4, 0.5) is 0 Å². The molecule has 2 aromatic rings. The van der Waals surface area contributed by atoms with E-state index in [2.05, 4.69) is 0 Å². The van der Waals surface area contributed by atoms with Crippen molar-refractivity contribution in [1.82, 2.24) is 0 Å². The smallest absolute Gasteiger partial charge is 0.203 e. The van der Waals surface area contributed by atoms with Gasteiger partial charge in [0.25, 0.3) is 0 Å². The molecule has 0 unspecified atom stereocenters. The minimum atomic E-state index is -0.429. The van der Waals surface area contributed by atoms with E-state index in [1.54, 1.807) is 0 Å². The first-order valence-corrected chi connectivity index (χ1v) is 8.60. The van der Waals surface area contributed by atoms with Crippen LogP contribution < -0.4 is 28.4 Å². The molecule has 2 rings (SSSR count). The summed E-state index contributed by atoms with van der Waals surface area (Å²) in [6.45, 7) is 0. The summed E-state index contributed by atoms with van der Waals surface area (Å²) in [7, 11) is 8.73. The molecule has 8 heteroatoms. The van der Waals surface area contributed by atoms with Crippen molar-refractivity contribution in [3.05, 3.63) is 35.4 Å². The van der Waals surface area contributed by atoms with Crippen molar-refractivity contribution in [3.8, 4) is 34.5 Å². The number of Topliss-reactive ketones (excluding diaryl/α,β-unsaturated/α-hetero) is 2. The number of ether oxygens (including phenoxy) is 6. The maximum absolute atomic E-state index is 12.8. The van der Waals surface area contributed by atoms with Crippen LogP contribution in [0, 0.1) is 0 Å². The molecule has 0 atom stereocenters. The lowest BCUT2D eigenvalue weighted by molar-refractivity contribution is 0.0892. The van der Waals surface area contributed by atoms with E-state index in [-0.39, 0.29) is 23.3 Å². The average molecular weight is 404 g/mol. The highest BCUT2D eigenvalue weighted by Gasteiger charge is 2.23. The van der Waals surface area contributed by atoms with Gasteiger partial charge in [-0.3, -0.25) is 9.59 Å². The van der Waals surface area contributed by atoms with E-state index in [4.69, 9.17) is 28.4 Å². The second kappa shape index (κ2) is 9.68. The molecule has 0 N–H and O–H groups in total. The van der Waals surface area contributed by atoms with E-state index >= 15 is 0 Å². The normalized spacial score (nSPS) is 10.1. The third kappa shape index (κ3) is 4.53. The van der Waals surface area contributed by atoms with Gasteiger partial charge in [-0.2, -0.15) is 0 Å². The summed E-state index contributed by atoms with van der Waals surface area (Å²) in [5.74, 6) is 1.23. The molecule has 0 amide bonds. The SMILES string of the molecule is COc1cc(OC)c(C(=O)CC(=O)c2cc(OC)c(OC)c(OC)c2)cc1OC. The molecule has 2 aromatic carbocycles. The zero-order valence-electron chi connectivity index (χ0n) is 17.3. The van der Waals surface area contributed by atoms with Crippen LogP contribution in [0.25, 0.3) is 0 Å². The second-order valence-electron chi connectivity index (χ2n) is 5.84. The number of rotatable bonds is 10. The van der Waals surface area contributed by atoms with Crippen molar-refractivity contribution in [2.45, 2.75) is 6.42 Å². The van der Waals surface area contributed by atoms with E-state index in [0.717, 1.165) is 0 Å². The number of carbonyl (C=O) groups excluding carboxylic acids is 2. The van der Waals surface area contributed by atoms with E-state index in [1.807, 2.05) is 0 Å². The van der Waals surface area contributed by atoms with E-state index in [1.165, 1.54) is 66.9 Å². The molecule has 0 aromatic heterocycles. The predicted octanol–water partition coefficient (Wildman–Crippen LogP) is 3.19. The van der Waals surface area contributed by atoms with Crippen LogP contribution in [-0.4, -0.2) is 54.2 Å². The fraction of sp³-hybridized carbons (Fsp3) is 0.333. The lowest BCUT2D eigenvalue weighted by Gasteiger charge is -2.14. The molecule has 0 spiro atoms. The standard InChI is InChI=1S/C21H24O8/c1-24-16-11-18(26-3)17(25-2)9-13(16)15(23)10-14(22)12-7-19(27-4)21(29-6)20(8-12)28-5/h7-9,11H,10H2,1-6H3. The molecule has 0 aliphatic rings. The number of hydrogen-bond acceptors (Lipinski definition) is 8. The van der Waals surface area contributed by atoms with Crippen molar-refractivity contribution in [2.75, 3.05) is 42.7 Å². The number of methoxy groups -OCH3 is 6. The number of benzene rings is 2. The van der Waals surface area contributed by atoms with Crippen LogP contribution in [0.15, 0.2) is 24.3 Å². The van der Waals surface area contributed by atoms with Gasteiger partial charge in [0.15, 0.2) is 34.6 Å². The van der Waals surface area contributed by atoms with Gasteiger partial charge in [0, 0.05) is 11.6 Å². The molecule has 0 bridgehead atoms. The summed E-state index contributed by atoms with van der Waals surface area (Å²) in [5, 5.41) is 0. The molecule has 8 nitrogen and oxygen atoms in total. The molecular formula is C21H24O8. The van der Waals surface area contributed by atoms with Gasteiger partial charge in [0.1, 0.15) is 5.75 Å². The Morgan fingerprint density at radius 1 is 0.586 bits per heavy atom. The van der Waals surface area contributed by atoms with Gasteiger partial charge in [-0.1, -0.05) is 0 Å². The summed E-state index contributed by atoms with van der Waals surface area (Å²) in [6, 6.07) is 6.03. The summed E-state index contributed by atoms with van der Waals surface area (Å²) in [6.07, 6.45) is -0.384. The Morgan fingerprint density at radius 2 is 1.07 bits per heavy atom. The number of carbonyl (C=O) groups is 2. The Hall–Kier alpha value is -3.42. The van der Waals surface area contributed by atoms with Crippen molar-refractivity contribution >= 4 is 11.6 Å². The molecule has 0 aliphatic heterocycles. The second-order valence-corrected chi connectivity index (χ2v) is 5.84. The highest BCUT2D eigenvalue weighted by atomic mass is 16.5. The van der Waals surface area contributed by atoms with Gasteiger partial charge in [-0.05, 0) is 18.2 Å². The highest BCUT2D eigenvalue weighted by Crippen LogP contribution is 2.39. The summed E-state index contributed by atoms with van der Waals surface area (Å²) >= 11 is 0. The fourth-order valence-electron chi connectivity index (χ4n) is 2.83. The van der Waals surface area contributed by atoms with Crippen molar-refractivity contribution < 1.29 is 38.0 Å². The van der Waals surface area contributed by atoms with Crippen LogP contribution in [0.3, 0.4) is 0 Å². The van der Waals surface area contributed by atoms with Gasteiger partial charge in [0.2, 0.25) is 5.75 Å². The Bertz CT molecular complexity index is 879. The average Bonchev–Trinajstić information content (AvgIpc) is 2.76. The third-order valence-corrected chi connectivity index (χ3v) is 4.31. The molecule has 0 aliphatic carbocycles. The van der Waals surface area contributed by atoms with Crippen molar-refractivity contribution in [3.63, 3.8) is 0 Å². The Kier molecular flexibility index (Phi) is 7.30. The molecule has 0 fully saturated rings. The fourth-order valence-corrected chi connectivity index (χ4v) is 2.83. The molecule has 29 heavy (non-hydrogen) atoms. The quantitative estimate of drug-likeness (QED) is 0.441. The lowest BCUT2D eigenvalue weighted by Crippen LogP contribution is -2.11. The Morgan fingerprint density at radius 3 is 1.52 bits per heavy atom. The zero-order chi connectivity index (χ0) is 21.6. The van der Waals surface area contributed by atoms with Crippen molar-refractivity contribution in [1.29, 1.82) is 0 Å². The minimum absolute atomic E-state index is 0.214. The van der Waals surface area contributed by atoms with Crippen molar-refractivity contribution in [2.24, 2.45) is 0 Å². The number of ketones is 2. The monoisotopic (exact) mass is 404 g/mol. The first kappa shape index (κ1) is 21.9.